The van der Waals surface area contributed by atoms with Crippen molar-refractivity contribution in [2.45, 2.75) is 19.4 Å². The molecular formula is C23H25N3O5. The van der Waals surface area contributed by atoms with Crippen LogP contribution in [-0.4, -0.2) is 43.1 Å². The first-order valence-electron chi connectivity index (χ1n) is 10.1. The van der Waals surface area contributed by atoms with Crippen molar-refractivity contribution in [3.8, 4) is 23.0 Å². The number of aromatic nitrogens is 2. The number of methoxy groups -OCH3 is 2. The molecule has 31 heavy (non-hydrogen) atoms. The molecule has 0 saturated heterocycles. The average molecular weight is 423 g/mol. The monoisotopic (exact) mass is 423 g/mol. The fourth-order valence-electron chi connectivity index (χ4n) is 3.51. The van der Waals surface area contributed by atoms with Crippen LogP contribution in [0.25, 0.3) is 0 Å². The molecule has 0 aliphatic carbocycles. The number of para-hydroxylation sites is 1. The summed E-state index contributed by atoms with van der Waals surface area (Å²) in [6.45, 7) is 1.54. The quantitative estimate of drug-likeness (QED) is 0.599. The van der Waals surface area contributed by atoms with Crippen molar-refractivity contribution in [2.75, 3.05) is 32.8 Å². The Bertz CT molecular complexity index is 1060. The molecule has 0 saturated carbocycles. The molecule has 0 bridgehead atoms. The highest BCUT2D eigenvalue weighted by Crippen LogP contribution is 2.32. The second-order valence-electron chi connectivity index (χ2n) is 7.05. The number of nitrogens with one attached hydrogen (secondary N) is 1. The SMILES string of the molecule is COc1cccc(Cn2nccc2NC(=O)CCc2ccc3c(c2)OCCO3)c1OC. The lowest BCUT2D eigenvalue weighted by Gasteiger charge is -2.18. The van der Waals surface area contributed by atoms with Crippen molar-refractivity contribution in [1.82, 2.24) is 9.78 Å². The van der Waals surface area contributed by atoms with Crippen molar-refractivity contribution in [2.24, 2.45) is 0 Å². The molecule has 1 amide bonds. The van der Waals surface area contributed by atoms with E-state index in [-0.39, 0.29) is 5.91 Å². The molecule has 162 valence electrons. The third kappa shape index (κ3) is 4.74. The van der Waals surface area contributed by atoms with Crippen LogP contribution in [0.4, 0.5) is 5.82 Å². The highest BCUT2D eigenvalue weighted by Gasteiger charge is 2.15. The van der Waals surface area contributed by atoms with Crippen molar-refractivity contribution >= 4 is 11.7 Å². The number of carbonyl (C=O) groups excluding carboxylic acids is 1. The van der Waals surface area contributed by atoms with Crippen molar-refractivity contribution in [3.05, 3.63) is 59.8 Å². The molecule has 2 aromatic carbocycles. The number of hydrogen-bond donors (Lipinski definition) is 1. The highest BCUT2D eigenvalue weighted by atomic mass is 16.6. The summed E-state index contributed by atoms with van der Waals surface area (Å²) in [5.41, 5.74) is 1.92. The predicted molar refractivity (Wildman–Crippen MR) is 115 cm³/mol. The molecule has 3 aromatic rings. The Hall–Kier alpha value is -3.68. The lowest BCUT2D eigenvalue weighted by Crippen LogP contribution is -2.17. The van der Waals surface area contributed by atoms with Crippen LogP contribution < -0.4 is 24.3 Å². The highest BCUT2D eigenvalue weighted by molar-refractivity contribution is 5.90. The summed E-state index contributed by atoms with van der Waals surface area (Å²) < 4.78 is 23.7. The van der Waals surface area contributed by atoms with E-state index in [2.05, 4.69) is 10.4 Å². The first-order chi connectivity index (χ1) is 15.2. The summed E-state index contributed by atoms with van der Waals surface area (Å²) in [5.74, 6) is 3.31. The largest absolute Gasteiger partial charge is 0.493 e. The first kappa shape index (κ1) is 20.6. The van der Waals surface area contributed by atoms with E-state index in [1.807, 2.05) is 36.4 Å². The van der Waals surface area contributed by atoms with Crippen LogP contribution in [0.1, 0.15) is 17.5 Å². The maximum Gasteiger partial charge on any atom is 0.225 e. The number of hydrogen-bond acceptors (Lipinski definition) is 6. The zero-order valence-electron chi connectivity index (χ0n) is 17.6. The van der Waals surface area contributed by atoms with E-state index in [1.165, 1.54) is 0 Å². The van der Waals surface area contributed by atoms with Gasteiger partial charge in [-0.3, -0.25) is 4.79 Å². The molecule has 0 radical (unpaired) electrons. The molecule has 0 spiro atoms. The third-order valence-corrected chi connectivity index (χ3v) is 5.04. The molecule has 1 aliphatic rings. The molecule has 0 unspecified atom stereocenters. The van der Waals surface area contributed by atoms with Crippen molar-refractivity contribution in [3.63, 3.8) is 0 Å². The third-order valence-electron chi connectivity index (χ3n) is 5.04. The van der Waals surface area contributed by atoms with Crippen LogP contribution in [0, 0.1) is 0 Å². The fraction of sp³-hybridized carbons (Fsp3) is 0.304. The van der Waals surface area contributed by atoms with Gasteiger partial charge in [0.15, 0.2) is 23.0 Å². The fourth-order valence-corrected chi connectivity index (χ4v) is 3.51. The second-order valence-corrected chi connectivity index (χ2v) is 7.05. The maximum absolute atomic E-state index is 12.5. The number of anilines is 1. The summed E-state index contributed by atoms with van der Waals surface area (Å²) >= 11 is 0. The van der Waals surface area contributed by atoms with E-state index < -0.39 is 0 Å². The molecule has 1 aliphatic heterocycles. The molecule has 8 heteroatoms. The lowest BCUT2D eigenvalue weighted by atomic mass is 10.1. The molecule has 1 aromatic heterocycles. The van der Waals surface area contributed by atoms with Gasteiger partial charge >= 0.3 is 0 Å². The Morgan fingerprint density at radius 1 is 1.10 bits per heavy atom. The van der Waals surface area contributed by atoms with Crippen molar-refractivity contribution < 1.29 is 23.7 Å². The Morgan fingerprint density at radius 2 is 1.94 bits per heavy atom. The molecule has 0 atom stereocenters. The predicted octanol–water partition coefficient (Wildman–Crippen LogP) is 3.29. The minimum atomic E-state index is -0.0887. The van der Waals surface area contributed by atoms with Gasteiger partial charge in [-0.1, -0.05) is 18.2 Å². The average Bonchev–Trinajstić information content (AvgIpc) is 3.23. The van der Waals surface area contributed by atoms with Gasteiger partial charge in [0.25, 0.3) is 0 Å². The molecule has 1 N–H and O–H groups in total. The summed E-state index contributed by atoms with van der Waals surface area (Å²) in [4.78, 5) is 12.5. The van der Waals surface area contributed by atoms with Gasteiger partial charge < -0.3 is 24.3 Å². The summed E-state index contributed by atoms with van der Waals surface area (Å²) in [5, 5.41) is 7.28. The Labute approximate surface area is 180 Å². The van der Waals surface area contributed by atoms with Gasteiger partial charge in [-0.05, 0) is 30.2 Å². The van der Waals surface area contributed by atoms with E-state index in [1.54, 1.807) is 31.2 Å². The van der Waals surface area contributed by atoms with Crippen LogP contribution >= 0.6 is 0 Å². The van der Waals surface area contributed by atoms with Crippen LogP contribution in [0.5, 0.6) is 23.0 Å². The van der Waals surface area contributed by atoms with Crippen LogP contribution in [0.2, 0.25) is 0 Å². The summed E-state index contributed by atoms with van der Waals surface area (Å²) in [6, 6.07) is 13.2. The van der Waals surface area contributed by atoms with Gasteiger partial charge in [0.05, 0.1) is 27.0 Å². The minimum Gasteiger partial charge on any atom is -0.493 e. The number of carbonyl (C=O) groups is 1. The Morgan fingerprint density at radius 3 is 2.74 bits per heavy atom. The standard InChI is InChI=1S/C23H25N3O5/c1-28-19-5-3-4-17(23(19)29-2)15-26-21(10-11-24-26)25-22(27)9-7-16-6-8-18-20(14-16)31-13-12-30-18/h3-6,8,10-11,14H,7,9,12-13,15H2,1-2H3,(H,25,27). The van der Waals surface area contributed by atoms with Gasteiger partial charge in [0.2, 0.25) is 5.91 Å². The number of rotatable bonds is 8. The topological polar surface area (TPSA) is 83.8 Å². The van der Waals surface area contributed by atoms with E-state index >= 15 is 0 Å². The van der Waals surface area contributed by atoms with Gasteiger partial charge in [-0.25, -0.2) is 4.68 Å². The molecule has 8 nitrogen and oxygen atoms in total. The summed E-state index contributed by atoms with van der Waals surface area (Å²) in [7, 11) is 3.20. The Kier molecular flexibility index (Phi) is 6.26. The first-order valence-corrected chi connectivity index (χ1v) is 10.1. The second kappa shape index (κ2) is 9.42. The zero-order valence-corrected chi connectivity index (χ0v) is 17.6. The molecular weight excluding hydrogens is 398 g/mol. The van der Waals surface area contributed by atoms with E-state index in [0.717, 1.165) is 22.6 Å². The van der Waals surface area contributed by atoms with Gasteiger partial charge in [-0.2, -0.15) is 5.10 Å². The normalized spacial score (nSPS) is 12.3. The minimum absolute atomic E-state index is 0.0887. The van der Waals surface area contributed by atoms with E-state index in [4.69, 9.17) is 18.9 Å². The number of fused-ring (bicyclic) bond motifs is 1. The maximum atomic E-state index is 12.5. The van der Waals surface area contributed by atoms with E-state index in [9.17, 15) is 4.79 Å². The number of benzene rings is 2. The van der Waals surface area contributed by atoms with Gasteiger partial charge in [0, 0.05) is 18.1 Å². The van der Waals surface area contributed by atoms with Crippen LogP contribution in [0.15, 0.2) is 48.7 Å². The number of nitrogens with zero attached hydrogens (tertiary/aromatic N) is 2. The van der Waals surface area contributed by atoms with Crippen LogP contribution in [-0.2, 0) is 17.8 Å². The molecule has 4 rings (SSSR count). The Balaban J connectivity index is 1.39. The van der Waals surface area contributed by atoms with Crippen molar-refractivity contribution in [1.29, 1.82) is 0 Å². The smallest absolute Gasteiger partial charge is 0.225 e. The summed E-state index contributed by atoms with van der Waals surface area (Å²) in [6.07, 6.45) is 2.59. The number of amides is 1. The van der Waals surface area contributed by atoms with Gasteiger partial charge in [-0.15, -0.1) is 0 Å². The number of ether oxygens (including phenoxy) is 4. The molecule has 0 fully saturated rings. The lowest BCUT2D eigenvalue weighted by molar-refractivity contribution is -0.116. The van der Waals surface area contributed by atoms with Crippen LogP contribution in [0.3, 0.4) is 0 Å². The number of aryl methyl sites for hydroxylation is 1. The zero-order chi connectivity index (χ0) is 21.6. The van der Waals surface area contributed by atoms with Gasteiger partial charge in [0.1, 0.15) is 19.0 Å². The molecule has 2 heterocycles. The van der Waals surface area contributed by atoms with E-state index in [0.29, 0.717) is 49.9 Å².